The Morgan fingerprint density at radius 1 is 1.46 bits per heavy atom. The molecule has 0 saturated carbocycles. The average Bonchev–Trinajstić information content (AvgIpc) is 2.13. The molecule has 13 heavy (non-hydrogen) atoms. The molecule has 0 bridgehead atoms. The number of carbonyl (C=O) groups excluding carboxylic acids is 1. The van der Waals surface area contributed by atoms with Crippen molar-refractivity contribution < 1.29 is 14.3 Å². The second kappa shape index (κ2) is 7.44. The lowest BCUT2D eigenvalue weighted by atomic mass is 10.3. The summed E-state index contributed by atoms with van der Waals surface area (Å²) in [5.74, 6) is -0.326. The zero-order chi connectivity index (χ0) is 10.1. The van der Waals surface area contributed by atoms with Crippen molar-refractivity contribution in [3.05, 3.63) is 17.6 Å². The van der Waals surface area contributed by atoms with Gasteiger partial charge in [-0.3, -0.25) is 0 Å². The summed E-state index contributed by atoms with van der Waals surface area (Å²) >= 11 is 0. The summed E-state index contributed by atoms with van der Waals surface area (Å²) in [6.45, 7) is 4.15. The van der Waals surface area contributed by atoms with Crippen molar-refractivity contribution in [2.75, 3.05) is 13.7 Å². The molecule has 0 aliphatic heterocycles. The Bertz CT molecular complexity index is 212. The van der Waals surface area contributed by atoms with Gasteiger partial charge in [-0.1, -0.05) is 19.1 Å². The summed E-state index contributed by atoms with van der Waals surface area (Å²) in [5, 5.41) is 0. The first-order chi connectivity index (χ1) is 6.26. The molecule has 0 fully saturated rings. The highest BCUT2D eigenvalue weighted by Crippen LogP contribution is 1.97. The molecule has 0 heterocycles. The molecule has 0 aromatic rings. The third-order valence-corrected chi connectivity index (χ3v) is 1.33. The molecule has 0 saturated heterocycles. The van der Waals surface area contributed by atoms with E-state index in [1.165, 1.54) is 7.11 Å². The molecule has 0 atom stereocenters. The molecule has 0 radical (unpaired) electrons. The smallest absolute Gasteiger partial charge is 0.382 e. The fourth-order valence-electron chi connectivity index (χ4n) is 0.707. The molecule has 0 spiro atoms. The lowest BCUT2D eigenvalue weighted by molar-refractivity contribution is -0.142. The van der Waals surface area contributed by atoms with Crippen molar-refractivity contribution in [3.63, 3.8) is 0 Å². The third kappa shape index (κ3) is 5.10. The van der Waals surface area contributed by atoms with Gasteiger partial charge in [-0.25, -0.2) is 4.79 Å². The van der Waals surface area contributed by atoms with Crippen LogP contribution in [0.3, 0.4) is 0 Å². The Morgan fingerprint density at radius 3 is 2.62 bits per heavy atom. The van der Waals surface area contributed by atoms with Crippen LogP contribution in [-0.2, 0) is 14.3 Å². The quantitative estimate of drug-likeness (QED) is 0.284. The number of carbonyl (C=O) groups is 1. The van der Waals surface area contributed by atoms with Crippen molar-refractivity contribution in [1.29, 1.82) is 0 Å². The molecular weight excluding hydrogens is 168 g/mol. The first-order valence-corrected chi connectivity index (χ1v) is 4.42. The van der Waals surface area contributed by atoms with E-state index in [0.29, 0.717) is 6.61 Å². The molecule has 0 aliphatic rings. The first kappa shape index (κ1) is 11.8. The molecule has 0 amide bonds. The van der Waals surface area contributed by atoms with E-state index in [1.54, 1.807) is 13.0 Å². The van der Waals surface area contributed by atoms with Crippen LogP contribution < -0.4 is 0 Å². The van der Waals surface area contributed by atoms with Crippen LogP contribution in [0.2, 0.25) is 0 Å². The fourth-order valence-corrected chi connectivity index (χ4v) is 0.707. The minimum atomic E-state index is -0.461. The van der Waals surface area contributed by atoms with Crippen molar-refractivity contribution in [2.45, 2.75) is 26.7 Å². The zero-order valence-corrected chi connectivity index (χ0v) is 8.42. The van der Waals surface area contributed by atoms with Gasteiger partial charge in [0.2, 0.25) is 5.76 Å². The molecule has 0 N–H and O–H groups in total. The summed E-state index contributed by atoms with van der Waals surface area (Å²) in [4.78, 5) is 11.1. The first-order valence-electron chi connectivity index (χ1n) is 4.42. The van der Waals surface area contributed by atoms with Gasteiger partial charge in [0, 0.05) is 0 Å². The molecule has 0 aromatic carbocycles. The van der Waals surface area contributed by atoms with Gasteiger partial charge in [-0.05, 0) is 19.4 Å². The minimum Gasteiger partial charge on any atom is -0.484 e. The molecule has 74 valence electrons. The Balaban J connectivity index is 4.30. The van der Waals surface area contributed by atoms with Crippen LogP contribution in [0.15, 0.2) is 17.6 Å². The summed E-state index contributed by atoms with van der Waals surface area (Å²) in [6, 6.07) is 0. The highest BCUT2D eigenvalue weighted by Gasteiger charge is 2.08. The number of unbranched alkanes of at least 4 members (excludes halogenated alkanes) is 1. The average molecular weight is 184 g/mol. The van der Waals surface area contributed by atoms with Crippen LogP contribution in [-0.4, -0.2) is 19.7 Å². The molecule has 0 unspecified atom stereocenters. The van der Waals surface area contributed by atoms with E-state index < -0.39 is 5.97 Å². The van der Waals surface area contributed by atoms with Gasteiger partial charge in [0.15, 0.2) is 0 Å². The number of hydrogen-bond donors (Lipinski definition) is 0. The monoisotopic (exact) mass is 184 g/mol. The third-order valence-electron chi connectivity index (χ3n) is 1.33. The van der Waals surface area contributed by atoms with Crippen LogP contribution >= 0.6 is 0 Å². The number of hydrogen-bond acceptors (Lipinski definition) is 3. The number of rotatable bonds is 5. The summed E-state index contributed by atoms with van der Waals surface area (Å²) in [6.07, 6.45) is 3.68. The molecule has 0 aliphatic carbocycles. The Morgan fingerprint density at radius 2 is 2.15 bits per heavy atom. The van der Waals surface area contributed by atoms with Crippen LogP contribution in [0.4, 0.5) is 0 Å². The Labute approximate surface area is 79.0 Å². The highest BCUT2D eigenvalue weighted by atomic mass is 16.6. The molecule has 3 heteroatoms. The van der Waals surface area contributed by atoms with Crippen molar-refractivity contribution in [2.24, 2.45) is 0 Å². The normalized spacial score (nSPS) is 8.54. The number of methoxy groups -OCH3 is 1. The maximum atomic E-state index is 11.1. The number of ether oxygens (including phenoxy) is 2. The standard InChI is InChI=1S/C10H16O3/c1-4-6-7-8-9(12-3)10(11)13-5-2/h7H,4-6H2,1-3H3. The van der Waals surface area contributed by atoms with Crippen LogP contribution in [0, 0.1) is 0 Å². The van der Waals surface area contributed by atoms with Crippen molar-refractivity contribution >= 4 is 5.97 Å². The van der Waals surface area contributed by atoms with Gasteiger partial charge in [-0.2, -0.15) is 0 Å². The number of esters is 1. The zero-order valence-electron chi connectivity index (χ0n) is 8.42. The fraction of sp³-hybridized carbons (Fsp3) is 0.600. The minimum absolute atomic E-state index is 0.135. The van der Waals surface area contributed by atoms with E-state index in [-0.39, 0.29) is 5.76 Å². The summed E-state index contributed by atoms with van der Waals surface area (Å²) < 4.78 is 9.55. The van der Waals surface area contributed by atoms with Crippen LogP contribution in [0.5, 0.6) is 0 Å². The van der Waals surface area contributed by atoms with E-state index in [4.69, 9.17) is 9.47 Å². The van der Waals surface area contributed by atoms with Gasteiger partial charge >= 0.3 is 5.97 Å². The molecule has 0 rings (SSSR count). The second-order valence-electron chi connectivity index (χ2n) is 2.39. The predicted octanol–water partition coefficient (Wildman–Crippen LogP) is 2.04. The van der Waals surface area contributed by atoms with Crippen molar-refractivity contribution in [1.82, 2.24) is 0 Å². The SMILES string of the molecule is CCCC=C=C(OC)C(=O)OCC. The van der Waals surface area contributed by atoms with Gasteiger partial charge in [0.1, 0.15) is 0 Å². The van der Waals surface area contributed by atoms with Gasteiger partial charge < -0.3 is 9.47 Å². The van der Waals surface area contributed by atoms with E-state index >= 15 is 0 Å². The van der Waals surface area contributed by atoms with E-state index in [0.717, 1.165) is 12.8 Å². The topological polar surface area (TPSA) is 35.5 Å². The molecule has 3 nitrogen and oxygen atoms in total. The maximum absolute atomic E-state index is 11.1. The lowest BCUT2D eigenvalue weighted by Crippen LogP contribution is -2.08. The highest BCUT2D eigenvalue weighted by molar-refractivity contribution is 5.85. The molecular formula is C10H16O3. The molecule has 0 aromatic heterocycles. The van der Waals surface area contributed by atoms with Crippen LogP contribution in [0.25, 0.3) is 0 Å². The Kier molecular flexibility index (Phi) is 6.75. The lowest BCUT2D eigenvalue weighted by Gasteiger charge is -2.01. The van der Waals surface area contributed by atoms with Gasteiger partial charge in [0.05, 0.1) is 13.7 Å². The van der Waals surface area contributed by atoms with Crippen LogP contribution in [0.1, 0.15) is 26.7 Å². The maximum Gasteiger partial charge on any atom is 0.382 e. The second-order valence-corrected chi connectivity index (χ2v) is 2.39. The van der Waals surface area contributed by atoms with Crippen molar-refractivity contribution in [3.8, 4) is 0 Å². The summed E-state index contributed by atoms with van der Waals surface area (Å²) in [5.41, 5.74) is 2.75. The Hall–Kier alpha value is -1.21. The van der Waals surface area contributed by atoms with Gasteiger partial charge in [0.25, 0.3) is 0 Å². The van der Waals surface area contributed by atoms with Gasteiger partial charge in [-0.15, -0.1) is 0 Å². The predicted molar refractivity (Wildman–Crippen MR) is 50.1 cm³/mol. The van der Waals surface area contributed by atoms with E-state index in [1.807, 2.05) is 0 Å². The van der Waals surface area contributed by atoms with E-state index in [9.17, 15) is 4.79 Å². The van der Waals surface area contributed by atoms with E-state index in [2.05, 4.69) is 12.7 Å². The largest absolute Gasteiger partial charge is 0.484 e. The summed E-state index contributed by atoms with van der Waals surface area (Å²) in [7, 11) is 1.43.